The molecule has 0 aromatic heterocycles. The average Bonchev–Trinajstić information content (AvgIpc) is 2.36. The van der Waals surface area contributed by atoms with Gasteiger partial charge in [0.25, 0.3) is 0 Å². The van der Waals surface area contributed by atoms with E-state index in [0.717, 1.165) is 0 Å². The summed E-state index contributed by atoms with van der Waals surface area (Å²) in [7, 11) is 0. The zero-order valence-corrected chi connectivity index (χ0v) is 6.88. The number of hydrogen-bond acceptors (Lipinski definition) is 2. The van der Waals surface area contributed by atoms with Gasteiger partial charge in [-0.2, -0.15) is 0 Å². The lowest BCUT2D eigenvalue weighted by Gasteiger charge is -2.25. The van der Waals surface area contributed by atoms with E-state index in [4.69, 9.17) is 0 Å². The van der Waals surface area contributed by atoms with E-state index in [1.54, 1.807) is 0 Å². The number of likely N-dealkylation sites (tertiary alicyclic amines) is 1. The Morgan fingerprint density at radius 2 is 1.70 bits per heavy atom. The minimum atomic E-state index is -0.182. The van der Waals surface area contributed by atoms with Crippen LogP contribution in [0.25, 0.3) is 0 Å². The molecule has 0 radical (unpaired) electrons. The standard InChI is InChI=1S/C8H17NO/c1-7(8(2)10)9-5-3-4-6-9/h7-8,10H,3-6H2,1-2H3/t7-,8+/m1/s1. The van der Waals surface area contributed by atoms with E-state index in [1.807, 2.05) is 6.92 Å². The fourth-order valence-electron chi connectivity index (χ4n) is 1.45. The molecule has 0 aromatic carbocycles. The molecule has 0 saturated carbocycles. The zero-order valence-electron chi connectivity index (χ0n) is 6.88. The molecule has 1 heterocycles. The molecule has 1 rings (SSSR count). The Kier molecular flexibility index (Phi) is 2.69. The van der Waals surface area contributed by atoms with Crippen LogP contribution in [0.1, 0.15) is 26.7 Å². The second kappa shape index (κ2) is 3.35. The van der Waals surface area contributed by atoms with Crippen LogP contribution in [-0.2, 0) is 0 Å². The number of hydrogen-bond donors (Lipinski definition) is 1. The molecule has 60 valence electrons. The lowest BCUT2D eigenvalue weighted by molar-refractivity contribution is 0.0857. The lowest BCUT2D eigenvalue weighted by atomic mass is 10.2. The molecular formula is C8H17NO. The Bertz CT molecular complexity index is 97.4. The predicted octanol–water partition coefficient (Wildman–Crippen LogP) is 0.851. The minimum absolute atomic E-state index is 0.182. The number of nitrogens with zero attached hydrogens (tertiary/aromatic N) is 1. The molecule has 1 aliphatic rings. The highest BCUT2D eigenvalue weighted by atomic mass is 16.3. The molecule has 2 heteroatoms. The number of aliphatic hydroxyl groups excluding tert-OH is 1. The quantitative estimate of drug-likeness (QED) is 0.619. The highest BCUT2D eigenvalue weighted by Gasteiger charge is 2.20. The second-order valence-corrected chi connectivity index (χ2v) is 3.22. The SMILES string of the molecule is C[C@H](O)[C@@H](C)N1CCCC1. The summed E-state index contributed by atoms with van der Waals surface area (Å²) in [6.07, 6.45) is 2.42. The fraction of sp³-hybridized carbons (Fsp3) is 1.00. The van der Waals surface area contributed by atoms with Gasteiger partial charge in [0.1, 0.15) is 0 Å². The number of aliphatic hydroxyl groups is 1. The van der Waals surface area contributed by atoms with Gasteiger partial charge in [-0.1, -0.05) is 0 Å². The van der Waals surface area contributed by atoms with Crippen LogP contribution in [0.3, 0.4) is 0 Å². The van der Waals surface area contributed by atoms with Crippen LogP contribution in [0.5, 0.6) is 0 Å². The van der Waals surface area contributed by atoms with E-state index in [2.05, 4.69) is 11.8 Å². The Hall–Kier alpha value is -0.0800. The molecule has 0 bridgehead atoms. The summed E-state index contributed by atoms with van der Waals surface area (Å²) in [4.78, 5) is 2.35. The molecule has 0 amide bonds. The van der Waals surface area contributed by atoms with Crippen molar-refractivity contribution in [2.75, 3.05) is 13.1 Å². The normalized spacial score (nSPS) is 26.7. The summed E-state index contributed by atoms with van der Waals surface area (Å²) in [6.45, 7) is 6.30. The smallest absolute Gasteiger partial charge is 0.0664 e. The number of rotatable bonds is 2. The Labute approximate surface area is 62.8 Å². The molecule has 0 aliphatic carbocycles. The summed E-state index contributed by atoms with van der Waals surface area (Å²) in [6, 6.07) is 0.350. The molecule has 1 N–H and O–H groups in total. The van der Waals surface area contributed by atoms with Crippen LogP contribution < -0.4 is 0 Å². The van der Waals surface area contributed by atoms with Crippen LogP contribution >= 0.6 is 0 Å². The molecule has 1 fully saturated rings. The van der Waals surface area contributed by atoms with Crippen molar-refractivity contribution in [2.24, 2.45) is 0 Å². The summed E-state index contributed by atoms with van der Waals surface area (Å²) in [5.74, 6) is 0. The maximum atomic E-state index is 9.24. The first-order valence-corrected chi connectivity index (χ1v) is 4.14. The Morgan fingerprint density at radius 3 is 2.10 bits per heavy atom. The van der Waals surface area contributed by atoms with Crippen LogP contribution in [-0.4, -0.2) is 35.2 Å². The highest BCUT2D eigenvalue weighted by Crippen LogP contribution is 2.13. The van der Waals surface area contributed by atoms with E-state index in [1.165, 1.54) is 25.9 Å². The van der Waals surface area contributed by atoms with Gasteiger partial charge in [0, 0.05) is 6.04 Å². The van der Waals surface area contributed by atoms with Crippen molar-refractivity contribution in [3.8, 4) is 0 Å². The van der Waals surface area contributed by atoms with Gasteiger partial charge in [0.2, 0.25) is 0 Å². The van der Waals surface area contributed by atoms with Gasteiger partial charge in [-0.3, -0.25) is 4.90 Å². The van der Waals surface area contributed by atoms with Crippen molar-refractivity contribution in [1.82, 2.24) is 4.90 Å². The molecule has 10 heavy (non-hydrogen) atoms. The molecule has 1 saturated heterocycles. The zero-order chi connectivity index (χ0) is 7.56. The first kappa shape index (κ1) is 8.02. The Morgan fingerprint density at radius 1 is 1.20 bits per heavy atom. The van der Waals surface area contributed by atoms with Crippen molar-refractivity contribution >= 4 is 0 Å². The molecule has 0 spiro atoms. The van der Waals surface area contributed by atoms with E-state index < -0.39 is 0 Å². The molecule has 1 aliphatic heterocycles. The monoisotopic (exact) mass is 143 g/mol. The van der Waals surface area contributed by atoms with Gasteiger partial charge in [0.15, 0.2) is 0 Å². The second-order valence-electron chi connectivity index (χ2n) is 3.22. The summed E-state index contributed by atoms with van der Waals surface area (Å²) < 4.78 is 0. The Balaban J connectivity index is 2.32. The topological polar surface area (TPSA) is 23.5 Å². The first-order chi connectivity index (χ1) is 4.72. The van der Waals surface area contributed by atoms with Crippen LogP contribution in [0.4, 0.5) is 0 Å². The van der Waals surface area contributed by atoms with Crippen LogP contribution in [0, 0.1) is 0 Å². The lowest BCUT2D eigenvalue weighted by Crippen LogP contribution is -2.37. The summed E-state index contributed by atoms with van der Waals surface area (Å²) >= 11 is 0. The van der Waals surface area contributed by atoms with Gasteiger partial charge in [-0.25, -0.2) is 0 Å². The minimum Gasteiger partial charge on any atom is -0.392 e. The van der Waals surface area contributed by atoms with Crippen molar-refractivity contribution in [2.45, 2.75) is 38.8 Å². The van der Waals surface area contributed by atoms with E-state index in [-0.39, 0.29) is 6.10 Å². The molecule has 0 unspecified atom stereocenters. The predicted molar refractivity (Wildman–Crippen MR) is 41.9 cm³/mol. The highest BCUT2D eigenvalue weighted by molar-refractivity contribution is 4.75. The van der Waals surface area contributed by atoms with E-state index >= 15 is 0 Å². The fourth-order valence-corrected chi connectivity index (χ4v) is 1.45. The van der Waals surface area contributed by atoms with Gasteiger partial charge in [-0.15, -0.1) is 0 Å². The van der Waals surface area contributed by atoms with Crippen molar-refractivity contribution in [3.05, 3.63) is 0 Å². The van der Waals surface area contributed by atoms with Crippen molar-refractivity contribution < 1.29 is 5.11 Å². The average molecular weight is 143 g/mol. The first-order valence-electron chi connectivity index (χ1n) is 4.14. The third-order valence-electron chi connectivity index (χ3n) is 2.41. The van der Waals surface area contributed by atoms with Crippen molar-refractivity contribution in [1.29, 1.82) is 0 Å². The molecule has 2 nitrogen and oxygen atoms in total. The molecule has 2 atom stereocenters. The molecule has 0 aromatic rings. The van der Waals surface area contributed by atoms with E-state index in [0.29, 0.717) is 6.04 Å². The van der Waals surface area contributed by atoms with Gasteiger partial charge in [0.05, 0.1) is 6.10 Å². The van der Waals surface area contributed by atoms with Gasteiger partial charge in [-0.05, 0) is 39.8 Å². The van der Waals surface area contributed by atoms with Crippen LogP contribution in [0.2, 0.25) is 0 Å². The summed E-state index contributed by atoms with van der Waals surface area (Å²) in [5.41, 5.74) is 0. The van der Waals surface area contributed by atoms with Crippen LogP contribution in [0.15, 0.2) is 0 Å². The summed E-state index contributed by atoms with van der Waals surface area (Å²) in [5, 5.41) is 9.24. The third kappa shape index (κ3) is 1.70. The van der Waals surface area contributed by atoms with Gasteiger partial charge < -0.3 is 5.11 Å². The maximum absolute atomic E-state index is 9.24. The van der Waals surface area contributed by atoms with Gasteiger partial charge >= 0.3 is 0 Å². The molecular weight excluding hydrogens is 126 g/mol. The largest absolute Gasteiger partial charge is 0.392 e. The van der Waals surface area contributed by atoms with Crippen molar-refractivity contribution in [3.63, 3.8) is 0 Å². The third-order valence-corrected chi connectivity index (χ3v) is 2.41. The maximum Gasteiger partial charge on any atom is 0.0664 e. The van der Waals surface area contributed by atoms with E-state index in [9.17, 15) is 5.11 Å².